The van der Waals surface area contributed by atoms with Crippen molar-refractivity contribution in [2.45, 2.75) is 13.1 Å². The van der Waals surface area contributed by atoms with E-state index < -0.39 is 11.6 Å². The predicted octanol–water partition coefficient (Wildman–Crippen LogP) is 4.56. The molecular formula is C14H11Cl2F2N. The summed E-state index contributed by atoms with van der Waals surface area (Å²) in [4.78, 5) is 0. The monoisotopic (exact) mass is 301 g/mol. The highest BCUT2D eigenvalue weighted by Crippen LogP contribution is 2.22. The fourth-order valence-electron chi connectivity index (χ4n) is 1.65. The third-order valence-electron chi connectivity index (χ3n) is 2.63. The molecule has 2 aromatic carbocycles. The smallest absolute Gasteiger partial charge is 0.159 e. The van der Waals surface area contributed by atoms with Gasteiger partial charge in [0.15, 0.2) is 11.6 Å². The van der Waals surface area contributed by atoms with Crippen molar-refractivity contribution in [3.05, 3.63) is 69.2 Å². The van der Waals surface area contributed by atoms with Gasteiger partial charge in [-0.25, -0.2) is 8.78 Å². The number of hydrogen-bond donors (Lipinski definition) is 1. The summed E-state index contributed by atoms with van der Waals surface area (Å²) in [6, 6.07) is 9.18. The van der Waals surface area contributed by atoms with Crippen LogP contribution < -0.4 is 5.32 Å². The van der Waals surface area contributed by atoms with Crippen molar-refractivity contribution >= 4 is 23.2 Å². The van der Waals surface area contributed by atoms with Crippen LogP contribution in [0.5, 0.6) is 0 Å². The molecule has 1 nitrogen and oxygen atoms in total. The second-order valence-electron chi connectivity index (χ2n) is 4.10. The topological polar surface area (TPSA) is 12.0 Å². The maximum atomic E-state index is 13.0. The van der Waals surface area contributed by atoms with Gasteiger partial charge in [-0.15, -0.1) is 0 Å². The van der Waals surface area contributed by atoms with Gasteiger partial charge in [-0.05, 0) is 35.4 Å². The first-order valence-electron chi connectivity index (χ1n) is 5.65. The van der Waals surface area contributed by atoms with Crippen molar-refractivity contribution in [3.8, 4) is 0 Å². The summed E-state index contributed by atoms with van der Waals surface area (Å²) in [6.07, 6.45) is 0. The molecule has 0 unspecified atom stereocenters. The lowest BCUT2D eigenvalue weighted by atomic mass is 10.2. The van der Waals surface area contributed by atoms with Gasteiger partial charge in [-0.1, -0.05) is 35.3 Å². The zero-order chi connectivity index (χ0) is 13.8. The van der Waals surface area contributed by atoms with Crippen molar-refractivity contribution in [2.75, 3.05) is 0 Å². The molecule has 0 amide bonds. The van der Waals surface area contributed by atoms with Crippen molar-refractivity contribution in [3.63, 3.8) is 0 Å². The molecule has 5 heteroatoms. The molecule has 2 rings (SSSR count). The Morgan fingerprint density at radius 2 is 1.42 bits per heavy atom. The van der Waals surface area contributed by atoms with Crippen LogP contribution in [0.1, 0.15) is 11.1 Å². The Balaban J connectivity index is 1.92. The molecule has 0 saturated heterocycles. The van der Waals surface area contributed by atoms with Gasteiger partial charge in [-0.3, -0.25) is 0 Å². The molecule has 0 atom stereocenters. The fraction of sp³-hybridized carbons (Fsp3) is 0.143. The van der Waals surface area contributed by atoms with Crippen molar-refractivity contribution in [1.29, 1.82) is 0 Å². The van der Waals surface area contributed by atoms with Crippen LogP contribution in [0.15, 0.2) is 36.4 Å². The quantitative estimate of drug-likeness (QED) is 0.873. The minimum absolute atomic E-state index is 0.442. The molecular weight excluding hydrogens is 291 g/mol. The summed E-state index contributed by atoms with van der Waals surface area (Å²) in [5, 5.41) is 4.12. The Kier molecular flexibility index (Phi) is 4.75. The third-order valence-corrected chi connectivity index (χ3v) is 3.37. The Bertz CT molecular complexity index is 536. The van der Waals surface area contributed by atoms with Gasteiger partial charge in [0.1, 0.15) is 0 Å². The maximum Gasteiger partial charge on any atom is 0.159 e. The van der Waals surface area contributed by atoms with Crippen molar-refractivity contribution in [1.82, 2.24) is 5.32 Å². The minimum Gasteiger partial charge on any atom is -0.309 e. The average molecular weight is 302 g/mol. The Hall–Kier alpha value is -1.16. The zero-order valence-corrected chi connectivity index (χ0v) is 11.4. The van der Waals surface area contributed by atoms with Crippen LogP contribution in [0.25, 0.3) is 0 Å². The van der Waals surface area contributed by atoms with Crippen LogP contribution in [0.3, 0.4) is 0 Å². The van der Waals surface area contributed by atoms with E-state index in [2.05, 4.69) is 5.32 Å². The molecule has 19 heavy (non-hydrogen) atoms. The average Bonchev–Trinajstić information content (AvgIpc) is 2.38. The van der Waals surface area contributed by atoms with Gasteiger partial charge in [0.05, 0.1) is 10.0 Å². The van der Waals surface area contributed by atoms with Gasteiger partial charge >= 0.3 is 0 Å². The van der Waals surface area contributed by atoms with Crippen LogP contribution >= 0.6 is 23.2 Å². The second kappa shape index (κ2) is 6.33. The molecule has 0 spiro atoms. The predicted molar refractivity (Wildman–Crippen MR) is 73.4 cm³/mol. The maximum absolute atomic E-state index is 13.0. The number of nitrogens with one attached hydrogen (secondary N) is 1. The number of benzene rings is 2. The molecule has 2 aromatic rings. The standard InChI is InChI=1S/C14H11Cl2F2N/c15-11-3-1-9(5-12(11)16)7-19-8-10-2-4-13(17)14(18)6-10/h1-6,19H,7-8H2. The van der Waals surface area contributed by atoms with E-state index in [1.807, 2.05) is 6.07 Å². The first-order valence-corrected chi connectivity index (χ1v) is 6.40. The first-order chi connectivity index (χ1) is 9.06. The molecule has 0 radical (unpaired) electrons. The largest absolute Gasteiger partial charge is 0.309 e. The van der Waals surface area contributed by atoms with Crippen LogP contribution in [0.2, 0.25) is 10.0 Å². The number of rotatable bonds is 4. The number of hydrogen-bond acceptors (Lipinski definition) is 1. The van der Waals surface area contributed by atoms with E-state index in [-0.39, 0.29) is 0 Å². The summed E-state index contributed by atoms with van der Waals surface area (Å²) in [6.45, 7) is 1.01. The SMILES string of the molecule is Fc1ccc(CNCc2ccc(Cl)c(Cl)c2)cc1F. The molecule has 0 aliphatic heterocycles. The van der Waals surface area contributed by atoms with E-state index in [4.69, 9.17) is 23.2 Å². The highest BCUT2D eigenvalue weighted by atomic mass is 35.5. The van der Waals surface area contributed by atoms with E-state index in [9.17, 15) is 8.78 Å². The summed E-state index contributed by atoms with van der Waals surface area (Å²) in [5.74, 6) is -1.68. The fourth-order valence-corrected chi connectivity index (χ4v) is 1.97. The molecule has 0 aliphatic rings. The van der Waals surface area contributed by atoms with Crippen molar-refractivity contribution in [2.24, 2.45) is 0 Å². The Morgan fingerprint density at radius 3 is 2.05 bits per heavy atom. The number of halogens is 4. The van der Waals surface area contributed by atoms with E-state index in [0.717, 1.165) is 11.6 Å². The first kappa shape index (κ1) is 14.3. The molecule has 0 saturated carbocycles. The van der Waals surface area contributed by atoms with Crippen molar-refractivity contribution < 1.29 is 8.78 Å². The molecule has 0 bridgehead atoms. The van der Waals surface area contributed by atoms with Crippen LogP contribution in [-0.4, -0.2) is 0 Å². The Labute approximate surface area is 120 Å². The highest BCUT2D eigenvalue weighted by molar-refractivity contribution is 6.42. The van der Waals surface area contributed by atoms with Gasteiger partial charge < -0.3 is 5.32 Å². The van der Waals surface area contributed by atoms with Crippen LogP contribution in [0.4, 0.5) is 8.78 Å². The van der Waals surface area contributed by atoms with E-state index in [0.29, 0.717) is 28.7 Å². The highest BCUT2D eigenvalue weighted by Gasteiger charge is 2.03. The molecule has 0 aliphatic carbocycles. The molecule has 100 valence electrons. The summed E-state index contributed by atoms with van der Waals surface area (Å²) in [7, 11) is 0. The lowest BCUT2D eigenvalue weighted by Crippen LogP contribution is -2.12. The van der Waals surface area contributed by atoms with Gasteiger partial charge in [0.25, 0.3) is 0 Å². The van der Waals surface area contributed by atoms with E-state index in [1.165, 1.54) is 6.07 Å². The molecule has 0 aromatic heterocycles. The molecule has 0 heterocycles. The van der Waals surface area contributed by atoms with Gasteiger partial charge in [0, 0.05) is 13.1 Å². The van der Waals surface area contributed by atoms with E-state index >= 15 is 0 Å². The van der Waals surface area contributed by atoms with Crippen LogP contribution in [0, 0.1) is 11.6 Å². The molecule has 1 N–H and O–H groups in total. The van der Waals surface area contributed by atoms with E-state index in [1.54, 1.807) is 18.2 Å². The summed E-state index contributed by atoms with van der Waals surface area (Å²) >= 11 is 11.7. The summed E-state index contributed by atoms with van der Waals surface area (Å²) in [5.41, 5.74) is 1.65. The van der Waals surface area contributed by atoms with Gasteiger partial charge in [-0.2, -0.15) is 0 Å². The molecule has 0 fully saturated rings. The third kappa shape index (κ3) is 3.90. The minimum atomic E-state index is -0.840. The second-order valence-corrected chi connectivity index (χ2v) is 4.91. The normalized spacial score (nSPS) is 10.7. The Morgan fingerprint density at radius 1 is 0.789 bits per heavy atom. The lowest BCUT2D eigenvalue weighted by molar-refractivity contribution is 0.506. The van der Waals surface area contributed by atoms with Crippen LogP contribution in [-0.2, 0) is 13.1 Å². The lowest BCUT2D eigenvalue weighted by Gasteiger charge is -2.06. The zero-order valence-electron chi connectivity index (χ0n) is 9.89. The summed E-state index contributed by atoms with van der Waals surface area (Å²) < 4.78 is 25.7. The van der Waals surface area contributed by atoms with Gasteiger partial charge in [0.2, 0.25) is 0 Å².